The second-order valence-electron chi connectivity index (χ2n) is 11.9. The summed E-state index contributed by atoms with van der Waals surface area (Å²) in [5.74, 6) is -1.66. The summed E-state index contributed by atoms with van der Waals surface area (Å²) in [5.41, 5.74) is 4.63. The first-order valence-corrected chi connectivity index (χ1v) is 14.9. The first kappa shape index (κ1) is 31.9. The van der Waals surface area contributed by atoms with Gasteiger partial charge < -0.3 is 26.6 Å². The minimum Gasteiger partial charge on any atom is -0.363 e. The zero-order valence-corrected chi connectivity index (χ0v) is 24.6. The van der Waals surface area contributed by atoms with Crippen LogP contribution in [0.4, 0.5) is 4.79 Å². The van der Waals surface area contributed by atoms with Gasteiger partial charge in [-0.2, -0.15) is 11.8 Å². The Labute approximate surface area is 231 Å². The molecular formula is C27H47N5O5S. The largest absolute Gasteiger partial charge is 0.363 e. The van der Waals surface area contributed by atoms with Crippen LogP contribution in [0.15, 0.2) is 0 Å². The quantitative estimate of drug-likeness (QED) is 0.257. The van der Waals surface area contributed by atoms with E-state index >= 15 is 0 Å². The number of ketones is 1. The van der Waals surface area contributed by atoms with Gasteiger partial charge in [-0.1, -0.05) is 60.8 Å². The molecular weight excluding hydrogens is 506 g/mol. The topological polar surface area (TPSA) is 151 Å². The number of likely N-dealkylation sites (tertiary alicyclic amines) is 1. The van der Waals surface area contributed by atoms with Crippen molar-refractivity contribution in [2.24, 2.45) is 17.1 Å². The molecule has 1 aliphatic heterocycles. The predicted molar refractivity (Wildman–Crippen MR) is 149 cm³/mol. The summed E-state index contributed by atoms with van der Waals surface area (Å²) >= 11 is 1.76. The Balaban J connectivity index is 2.11. The average Bonchev–Trinajstić information content (AvgIpc) is 3.29. The fraction of sp³-hybridized carbons (Fsp3) is 0.815. The smallest absolute Gasteiger partial charge is 0.315 e. The fourth-order valence-electron chi connectivity index (χ4n) is 4.78. The van der Waals surface area contributed by atoms with E-state index in [2.05, 4.69) is 29.8 Å². The van der Waals surface area contributed by atoms with E-state index in [4.69, 9.17) is 5.73 Å². The molecule has 2 aliphatic rings. The fourth-order valence-corrected chi connectivity index (χ4v) is 5.72. The van der Waals surface area contributed by atoms with Crippen molar-refractivity contribution in [3.8, 4) is 0 Å². The van der Waals surface area contributed by atoms with E-state index in [0.29, 0.717) is 31.1 Å². The molecule has 0 spiro atoms. The van der Waals surface area contributed by atoms with Crippen molar-refractivity contribution >= 4 is 41.3 Å². The van der Waals surface area contributed by atoms with E-state index < -0.39 is 47.2 Å². The highest BCUT2D eigenvalue weighted by Crippen LogP contribution is 2.31. The van der Waals surface area contributed by atoms with E-state index in [1.807, 2.05) is 27.7 Å². The van der Waals surface area contributed by atoms with Crippen LogP contribution in [-0.2, 0) is 19.2 Å². The average molecular weight is 554 g/mol. The summed E-state index contributed by atoms with van der Waals surface area (Å²) in [6, 6.07) is -3.07. The molecule has 1 heterocycles. The van der Waals surface area contributed by atoms with Crippen molar-refractivity contribution in [3.63, 3.8) is 0 Å². The molecule has 0 bridgehead atoms. The molecule has 0 aromatic rings. The molecule has 1 saturated carbocycles. The third-order valence-corrected chi connectivity index (χ3v) is 8.62. The number of thioether (sulfide) groups is 1. The molecule has 2 rings (SSSR count). The van der Waals surface area contributed by atoms with Crippen LogP contribution in [0.2, 0.25) is 0 Å². The standard InChI is InChI=1S/C27H47N5O5S/c1-7-18(15-38-16(2)3)29-26(37)31-22(27(4,5)6)25(36)32-13-9-12-20(32)24(35)30-19(21(33)23(28)34)14-17-10-8-11-17/h16-20,22H,7-15H2,1-6H3,(H2,28,34)(H,30,35)(H2,29,31,37)/t18?,19?,20-,22?/m0/s1. The second-order valence-corrected chi connectivity index (χ2v) is 13.5. The van der Waals surface area contributed by atoms with Gasteiger partial charge in [0.2, 0.25) is 17.6 Å². The third kappa shape index (κ3) is 9.17. The Morgan fingerprint density at radius 1 is 1.00 bits per heavy atom. The van der Waals surface area contributed by atoms with Crippen molar-refractivity contribution < 1.29 is 24.0 Å². The number of urea groups is 1. The second kappa shape index (κ2) is 14.2. The maximum atomic E-state index is 13.7. The van der Waals surface area contributed by atoms with Gasteiger partial charge in [0, 0.05) is 18.3 Å². The lowest BCUT2D eigenvalue weighted by Crippen LogP contribution is -2.60. The van der Waals surface area contributed by atoms with Gasteiger partial charge >= 0.3 is 6.03 Å². The van der Waals surface area contributed by atoms with Crippen LogP contribution in [-0.4, -0.2) is 76.2 Å². The summed E-state index contributed by atoms with van der Waals surface area (Å²) in [6.07, 6.45) is 5.15. The van der Waals surface area contributed by atoms with Crippen LogP contribution < -0.4 is 21.7 Å². The summed E-state index contributed by atoms with van der Waals surface area (Å²) < 4.78 is 0. The Morgan fingerprint density at radius 2 is 1.66 bits per heavy atom. The maximum absolute atomic E-state index is 13.7. The van der Waals surface area contributed by atoms with Gasteiger partial charge in [-0.25, -0.2) is 4.79 Å². The molecule has 0 radical (unpaired) electrons. The predicted octanol–water partition coefficient (Wildman–Crippen LogP) is 2.34. The van der Waals surface area contributed by atoms with Gasteiger partial charge in [0.25, 0.3) is 5.91 Å². The minimum atomic E-state index is -1.07. The lowest BCUT2D eigenvalue weighted by molar-refractivity contribution is -0.143. The van der Waals surface area contributed by atoms with Crippen LogP contribution in [0.25, 0.3) is 0 Å². The van der Waals surface area contributed by atoms with Crippen LogP contribution in [0.3, 0.4) is 0 Å². The molecule has 1 aliphatic carbocycles. The highest BCUT2D eigenvalue weighted by atomic mass is 32.2. The number of rotatable bonds is 13. The van der Waals surface area contributed by atoms with Crippen LogP contribution >= 0.6 is 11.8 Å². The van der Waals surface area contributed by atoms with Gasteiger partial charge in [0.1, 0.15) is 12.1 Å². The first-order chi connectivity index (χ1) is 17.7. The number of carbonyl (C=O) groups excluding carboxylic acids is 5. The van der Waals surface area contributed by atoms with Crippen molar-refractivity contribution in [3.05, 3.63) is 0 Å². The van der Waals surface area contributed by atoms with E-state index in [0.717, 1.165) is 31.4 Å². The summed E-state index contributed by atoms with van der Waals surface area (Å²) in [6.45, 7) is 12.2. The molecule has 3 unspecified atom stereocenters. The molecule has 11 heteroatoms. The molecule has 0 aromatic carbocycles. The number of primary amides is 1. The van der Waals surface area contributed by atoms with Gasteiger partial charge in [-0.05, 0) is 42.3 Å². The minimum absolute atomic E-state index is 0.0289. The van der Waals surface area contributed by atoms with E-state index in [1.165, 1.54) is 4.90 Å². The van der Waals surface area contributed by atoms with Crippen LogP contribution in [0.1, 0.15) is 86.5 Å². The highest BCUT2D eigenvalue weighted by molar-refractivity contribution is 7.99. The van der Waals surface area contributed by atoms with Crippen LogP contribution in [0.5, 0.6) is 0 Å². The molecule has 5 N–H and O–H groups in total. The zero-order chi connectivity index (χ0) is 28.6. The SMILES string of the molecule is CCC(CSC(C)C)NC(=O)NC(C(=O)N1CCC[C@H]1C(=O)NC(CC1CCC1)C(=O)C(N)=O)C(C)(C)C. The molecule has 0 aromatic heterocycles. The van der Waals surface area contributed by atoms with Gasteiger partial charge in [0.15, 0.2) is 0 Å². The maximum Gasteiger partial charge on any atom is 0.315 e. The van der Waals surface area contributed by atoms with Gasteiger partial charge in [-0.3, -0.25) is 19.2 Å². The van der Waals surface area contributed by atoms with E-state index in [9.17, 15) is 24.0 Å². The van der Waals surface area contributed by atoms with Crippen molar-refractivity contribution in [2.45, 2.75) is 116 Å². The lowest BCUT2D eigenvalue weighted by Gasteiger charge is -2.36. The number of hydrogen-bond donors (Lipinski definition) is 4. The van der Waals surface area contributed by atoms with Crippen LogP contribution in [0, 0.1) is 11.3 Å². The Kier molecular flexibility index (Phi) is 11.9. The summed E-state index contributed by atoms with van der Waals surface area (Å²) in [7, 11) is 0. The van der Waals surface area contributed by atoms with Crippen molar-refractivity contribution in [1.29, 1.82) is 0 Å². The molecule has 4 atom stereocenters. The monoisotopic (exact) mass is 553 g/mol. The summed E-state index contributed by atoms with van der Waals surface area (Å²) in [5, 5.41) is 9.00. The Hall–Kier alpha value is -2.30. The van der Waals surface area contributed by atoms with Crippen molar-refractivity contribution in [1.82, 2.24) is 20.9 Å². The number of amides is 5. The number of nitrogens with two attached hydrogens (primary N) is 1. The van der Waals surface area contributed by atoms with E-state index in [-0.39, 0.29) is 17.9 Å². The molecule has 1 saturated heterocycles. The Bertz CT molecular complexity index is 870. The molecule has 2 fully saturated rings. The molecule has 38 heavy (non-hydrogen) atoms. The number of nitrogens with one attached hydrogen (secondary N) is 3. The number of nitrogens with zero attached hydrogens (tertiary/aromatic N) is 1. The normalized spacial score (nSPS) is 20.3. The van der Waals surface area contributed by atoms with Gasteiger partial charge in [-0.15, -0.1) is 0 Å². The van der Waals surface area contributed by atoms with Crippen molar-refractivity contribution in [2.75, 3.05) is 12.3 Å². The Morgan fingerprint density at radius 3 is 2.16 bits per heavy atom. The summed E-state index contributed by atoms with van der Waals surface area (Å²) in [4.78, 5) is 65.4. The zero-order valence-electron chi connectivity index (χ0n) is 23.8. The third-order valence-electron chi connectivity index (χ3n) is 7.36. The molecule has 5 amide bonds. The number of carbonyl (C=O) groups is 5. The number of Topliss-reactive ketones (excluding diaryl/α,β-unsaturated/α-hetero) is 1. The highest BCUT2D eigenvalue weighted by Gasteiger charge is 2.43. The molecule has 10 nitrogen and oxygen atoms in total. The number of hydrogen-bond acceptors (Lipinski definition) is 6. The lowest BCUT2D eigenvalue weighted by atomic mass is 9.80. The van der Waals surface area contributed by atoms with Gasteiger partial charge in [0.05, 0.1) is 6.04 Å². The van der Waals surface area contributed by atoms with E-state index in [1.54, 1.807) is 11.8 Å². The molecule has 216 valence electrons. The first-order valence-electron chi connectivity index (χ1n) is 13.9.